The smallest absolute Gasteiger partial charge is 0.0505 e. The highest BCUT2D eigenvalue weighted by Gasteiger charge is 2.22. The highest BCUT2D eigenvalue weighted by atomic mass is 16.5. The van der Waals surface area contributed by atoms with E-state index in [1.54, 1.807) is 7.11 Å². The average molecular weight is 171 g/mol. The van der Waals surface area contributed by atoms with Gasteiger partial charge in [0.25, 0.3) is 0 Å². The monoisotopic (exact) mass is 171 g/mol. The van der Waals surface area contributed by atoms with E-state index >= 15 is 0 Å². The summed E-state index contributed by atoms with van der Waals surface area (Å²) >= 11 is 0. The second-order valence-electron chi connectivity index (χ2n) is 4.14. The van der Waals surface area contributed by atoms with E-state index in [0.29, 0.717) is 5.92 Å². The number of nitrogens with one attached hydrogen (secondary N) is 1. The molecule has 0 aromatic heterocycles. The maximum atomic E-state index is 5.18. The molecule has 0 radical (unpaired) electrons. The maximum absolute atomic E-state index is 5.18. The van der Waals surface area contributed by atoms with E-state index in [4.69, 9.17) is 4.74 Å². The Hall–Kier alpha value is -0.0800. The van der Waals surface area contributed by atoms with Crippen molar-refractivity contribution >= 4 is 0 Å². The van der Waals surface area contributed by atoms with Gasteiger partial charge in [0.1, 0.15) is 0 Å². The Morgan fingerprint density at radius 1 is 1.42 bits per heavy atom. The summed E-state index contributed by atoms with van der Waals surface area (Å²) in [6.45, 7) is 6.53. The van der Waals surface area contributed by atoms with Crippen LogP contribution >= 0.6 is 0 Å². The zero-order valence-corrected chi connectivity index (χ0v) is 8.47. The van der Waals surface area contributed by atoms with Crippen LogP contribution in [0.4, 0.5) is 0 Å². The molecule has 0 aromatic carbocycles. The van der Waals surface area contributed by atoms with E-state index in [0.717, 1.165) is 25.1 Å². The lowest BCUT2D eigenvalue weighted by Crippen LogP contribution is -2.30. The molecular weight excluding hydrogens is 150 g/mol. The minimum Gasteiger partial charge on any atom is -0.384 e. The molecule has 0 aromatic rings. The highest BCUT2D eigenvalue weighted by molar-refractivity contribution is 4.82. The van der Waals surface area contributed by atoms with Crippen LogP contribution < -0.4 is 5.32 Å². The molecule has 72 valence electrons. The molecule has 1 aliphatic carbocycles. The fourth-order valence-electron chi connectivity index (χ4n) is 1.31. The summed E-state index contributed by atoms with van der Waals surface area (Å²) in [7, 11) is 1.78. The predicted octanol–water partition coefficient (Wildman–Crippen LogP) is 1.66. The number of ether oxygens (including phenoxy) is 1. The van der Waals surface area contributed by atoms with Crippen LogP contribution in [0.2, 0.25) is 0 Å². The molecule has 0 heterocycles. The predicted molar refractivity (Wildman–Crippen MR) is 51.2 cm³/mol. The van der Waals surface area contributed by atoms with Crippen molar-refractivity contribution in [2.24, 2.45) is 11.8 Å². The molecule has 2 nitrogen and oxygen atoms in total. The molecule has 0 saturated heterocycles. The van der Waals surface area contributed by atoms with Crippen LogP contribution in [0.15, 0.2) is 0 Å². The lowest BCUT2D eigenvalue weighted by molar-refractivity contribution is 0.128. The van der Waals surface area contributed by atoms with E-state index in [9.17, 15) is 0 Å². The normalized spacial score (nSPS) is 20.0. The Morgan fingerprint density at radius 2 is 2.08 bits per heavy atom. The van der Waals surface area contributed by atoms with Crippen molar-refractivity contribution in [3.63, 3.8) is 0 Å². The Morgan fingerprint density at radius 3 is 2.50 bits per heavy atom. The van der Waals surface area contributed by atoms with Crippen molar-refractivity contribution in [1.82, 2.24) is 5.32 Å². The minimum atomic E-state index is 0.676. The highest BCUT2D eigenvalue weighted by Crippen LogP contribution is 2.20. The summed E-state index contributed by atoms with van der Waals surface area (Å²) in [4.78, 5) is 0. The fourth-order valence-corrected chi connectivity index (χ4v) is 1.31. The van der Waals surface area contributed by atoms with Gasteiger partial charge in [0.15, 0.2) is 0 Å². The van der Waals surface area contributed by atoms with E-state index in [1.807, 2.05) is 0 Å². The summed E-state index contributed by atoms with van der Waals surface area (Å²) in [5.41, 5.74) is 0. The van der Waals surface area contributed by atoms with Gasteiger partial charge < -0.3 is 10.1 Å². The first-order chi connectivity index (χ1) is 5.74. The van der Waals surface area contributed by atoms with Gasteiger partial charge >= 0.3 is 0 Å². The minimum absolute atomic E-state index is 0.676. The van der Waals surface area contributed by atoms with Gasteiger partial charge in [-0.25, -0.2) is 0 Å². The standard InChI is InChI=1S/C10H21NO/c1-8(2)9(7-12-3)6-11-10-4-5-10/h8-11H,4-7H2,1-3H3. The molecule has 1 unspecified atom stereocenters. The largest absolute Gasteiger partial charge is 0.384 e. The third kappa shape index (κ3) is 3.55. The van der Waals surface area contributed by atoms with E-state index in [-0.39, 0.29) is 0 Å². The van der Waals surface area contributed by atoms with Gasteiger partial charge in [-0.05, 0) is 24.7 Å². The van der Waals surface area contributed by atoms with Gasteiger partial charge in [0.05, 0.1) is 6.61 Å². The molecule has 1 aliphatic rings. The van der Waals surface area contributed by atoms with Crippen LogP contribution in [0, 0.1) is 11.8 Å². The quantitative estimate of drug-likeness (QED) is 0.656. The molecule has 0 aliphatic heterocycles. The van der Waals surface area contributed by atoms with Crippen molar-refractivity contribution in [1.29, 1.82) is 0 Å². The van der Waals surface area contributed by atoms with Crippen LogP contribution in [0.3, 0.4) is 0 Å². The first kappa shape index (κ1) is 10.0. The van der Waals surface area contributed by atoms with Gasteiger partial charge in [-0.2, -0.15) is 0 Å². The Bertz CT molecular complexity index is 121. The molecule has 0 amide bonds. The van der Waals surface area contributed by atoms with Crippen molar-refractivity contribution in [3.8, 4) is 0 Å². The summed E-state index contributed by atoms with van der Waals surface area (Å²) < 4.78 is 5.18. The Labute approximate surface area is 75.7 Å². The second-order valence-corrected chi connectivity index (χ2v) is 4.14. The molecule has 1 fully saturated rings. The Balaban J connectivity index is 2.11. The number of rotatable bonds is 6. The topological polar surface area (TPSA) is 21.3 Å². The summed E-state index contributed by atoms with van der Waals surface area (Å²) in [5, 5.41) is 3.54. The fraction of sp³-hybridized carbons (Fsp3) is 1.00. The summed E-state index contributed by atoms with van der Waals surface area (Å²) in [5.74, 6) is 1.40. The molecule has 0 bridgehead atoms. The van der Waals surface area contributed by atoms with Crippen LogP contribution in [-0.2, 0) is 4.74 Å². The van der Waals surface area contributed by atoms with Gasteiger partial charge in [0.2, 0.25) is 0 Å². The second kappa shape index (κ2) is 4.83. The van der Waals surface area contributed by atoms with Gasteiger partial charge in [0, 0.05) is 19.7 Å². The average Bonchev–Trinajstić information content (AvgIpc) is 2.80. The lowest BCUT2D eigenvalue weighted by Gasteiger charge is -2.20. The molecule has 1 atom stereocenters. The van der Waals surface area contributed by atoms with Crippen LogP contribution in [0.1, 0.15) is 26.7 Å². The van der Waals surface area contributed by atoms with Crippen LogP contribution in [-0.4, -0.2) is 26.3 Å². The summed E-state index contributed by atoms with van der Waals surface area (Å²) in [6.07, 6.45) is 2.75. The van der Waals surface area contributed by atoms with Crippen molar-refractivity contribution in [2.45, 2.75) is 32.7 Å². The number of methoxy groups -OCH3 is 1. The van der Waals surface area contributed by atoms with Gasteiger partial charge in [-0.15, -0.1) is 0 Å². The van der Waals surface area contributed by atoms with E-state index in [1.165, 1.54) is 12.8 Å². The van der Waals surface area contributed by atoms with E-state index in [2.05, 4.69) is 19.2 Å². The summed E-state index contributed by atoms with van der Waals surface area (Å²) in [6, 6.07) is 0.822. The van der Waals surface area contributed by atoms with Crippen molar-refractivity contribution in [2.75, 3.05) is 20.3 Å². The van der Waals surface area contributed by atoms with Crippen molar-refractivity contribution < 1.29 is 4.74 Å². The third-order valence-corrected chi connectivity index (χ3v) is 2.57. The molecule has 1 N–H and O–H groups in total. The zero-order chi connectivity index (χ0) is 8.97. The van der Waals surface area contributed by atoms with E-state index < -0.39 is 0 Å². The molecular formula is C10H21NO. The first-order valence-electron chi connectivity index (χ1n) is 4.96. The lowest BCUT2D eigenvalue weighted by atomic mass is 9.97. The number of hydrogen-bond donors (Lipinski definition) is 1. The number of hydrogen-bond acceptors (Lipinski definition) is 2. The van der Waals surface area contributed by atoms with Crippen LogP contribution in [0.5, 0.6) is 0 Å². The van der Waals surface area contributed by atoms with Gasteiger partial charge in [-0.1, -0.05) is 13.8 Å². The van der Waals surface area contributed by atoms with Gasteiger partial charge in [-0.3, -0.25) is 0 Å². The molecule has 12 heavy (non-hydrogen) atoms. The Kier molecular flexibility index (Phi) is 4.02. The molecule has 1 rings (SSSR count). The van der Waals surface area contributed by atoms with Crippen LogP contribution in [0.25, 0.3) is 0 Å². The molecule has 2 heteroatoms. The SMILES string of the molecule is COCC(CNC1CC1)C(C)C. The zero-order valence-electron chi connectivity index (χ0n) is 8.47. The first-order valence-corrected chi connectivity index (χ1v) is 4.96. The molecule has 1 saturated carbocycles. The maximum Gasteiger partial charge on any atom is 0.0505 e. The third-order valence-electron chi connectivity index (χ3n) is 2.57. The molecule has 0 spiro atoms. The van der Waals surface area contributed by atoms with Crippen molar-refractivity contribution in [3.05, 3.63) is 0 Å².